The standard InChI is InChI=1S/C12H16FN3O2S/c1-19(17,18)16-6-2-5-15-9-10-3-4-12(13)11(7-10)8-14/h3-4,7,15-16H,2,5-6,9H2,1H3. The smallest absolute Gasteiger partial charge is 0.208 e. The van der Waals surface area contributed by atoms with Gasteiger partial charge in [0.1, 0.15) is 11.9 Å². The Labute approximate surface area is 112 Å². The fraction of sp³-hybridized carbons (Fsp3) is 0.417. The number of sulfonamides is 1. The zero-order chi connectivity index (χ0) is 14.3. The number of halogens is 1. The summed E-state index contributed by atoms with van der Waals surface area (Å²) in [5.41, 5.74) is 0.840. The summed E-state index contributed by atoms with van der Waals surface area (Å²) in [6.07, 6.45) is 1.77. The van der Waals surface area contributed by atoms with E-state index in [1.807, 2.05) is 0 Å². The van der Waals surface area contributed by atoms with Crippen molar-refractivity contribution >= 4 is 10.0 Å². The van der Waals surface area contributed by atoms with Crippen LogP contribution in [0, 0.1) is 17.1 Å². The van der Waals surface area contributed by atoms with E-state index in [1.165, 1.54) is 12.1 Å². The molecule has 1 aromatic rings. The molecule has 19 heavy (non-hydrogen) atoms. The van der Waals surface area contributed by atoms with Crippen molar-refractivity contribution in [2.24, 2.45) is 0 Å². The zero-order valence-corrected chi connectivity index (χ0v) is 11.4. The number of rotatable bonds is 7. The fourth-order valence-electron chi connectivity index (χ4n) is 1.47. The summed E-state index contributed by atoms with van der Waals surface area (Å²) < 4.78 is 37.0. The summed E-state index contributed by atoms with van der Waals surface area (Å²) in [7, 11) is -3.13. The van der Waals surface area contributed by atoms with Gasteiger partial charge in [-0.3, -0.25) is 0 Å². The summed E-state index contributed by atoms with van der Waals surface area (Å²) in [6.45, 7) is 1.51. The molecule has 2 N–H and O–H groups in total. The Morgan fingerprint density at radius 3 is 2.74 bits per heavy atom. The first-order valence-electron chi connectivity index (χ1n) is 5.76. The molecule has 0 saturated carbocycles. The van der Waals surface area contributed by atoms with Crippen molar-refractivity contribution < 1.29 is 12.8 Å². The SMILES string of the molecule is CS(=O)(=O)NCCCNCc1ccc(F)c(C#N)c1. The molecule has 0 spiro atoms. The van der Waals surface area contributed by atoms with Crippen LogP contribution in [0.3, 0.4) is 0 Å². The van der Waals surface area contributed by atoms with Gasteiger partial charge in [0.15, 0.2) is 0 Å². The lowest BCUT2D eigenvalue weighted by molar-refractivity contribution is 0.579. The van der Waals surface area contributed by atoms with E-state index in [-0.39, 0.29) is 5.56 Å². The van der Waals surface area contributed by atoms with Crippen molar-refractivity contribution in [2.45, 2.75) is 13.0 Å². The van der Waals surface area contributed by atoms with E-state index >= 15 is 0 Å². The molecule has 1 aromatic carbocycles. The van der Waals surface area contributed by atoms with Crippen molar-refractivity contribution in [3.63, 3.8) is 0 Å². The van der Waals surface area contributed by atoms with Crippen LogP contribution in [0.15, 0.2) is 18.2 Å². The molecule has 0 unspecified atom stereocenters. The van der Waals surface area contributed by atoms with Gasteiger partial charge in [0.2, 0.25) is 10.0 Å². The van der Waals surface area contributed by atoms with Gasteiger partial charge in [-0.25, -0.2) is 17.5 Å². The largest absolute Gasteiger partial charge is 0.313 e. The molecular weight excluding hydrogens is 269 g/mol. The number of nitrogens with zero attached hydrogens (tertiary/aromatic N) is 1. The van der Waals surface area contributed by atoms with E-state index < -0.39 is 15.8 Å². The lowest BCUT2D eigenvalue weighted by atomic mass is 10.1. The molecule has 0 aromatic heterocycles. The molecule has 5 nitrogen and oxygen atoms in total. The Hall–Kier alpha value is -1.49. The summed E-state index contributed by atoms with van der Waals surface area (Å²) in [4.78, 5) is 0. The minimum absolute atomic E-state index is 0.0260. The predicted molar refractivity (Wildman–Crippen MR) is 70.3 cm³/mol. The first-order chi connectivity index (χ1) is 8.92. The van der Waals surface area contributed by atoms with E-state index in [0.29, 0.717) is 26.1 Å². The second-order valence-corrected chi connectivity index (χ2v) is 5.96. The van der Waals surface area contributed by atoms with Crippen molar-refractivity contribution in [3.05, 3.63) is 35.1 Å². The van der Waals surface area contributed by atoms with E-state index in [9.17, 15) is 12.8 Å². The predicted octanol–water partition coefficient (Wildman–Crippen LogP) is 0.726. The third kappa shape index (κ3) is 6.29. The molecule has 7 heteroatoms. The molecule has 1 rings (SSSR count). The molecule has 0 atom stereocenters. The van der Waals surface area contributed by atoms with E-state index in [2.05, 4.69) is 10.0 Å². The lowest BCUT2D eigenvalue weighted by Crippen LogP contribution is -2.26. The Morgan fingerprint density at radius 2 is 2.11 bits per heavy atom. The van der Waals surface area contributed by atoms with Gasteiger partial charge in [-0.2, -0.15) is 5.26 Å². The first kappa shape index (κ1) is 15.6. The Kier molecular flexibility index (Phi) is 5.89. The molecule has 0 aliphatic heterocycles. The maximum Gasteiger partial charge on any atom is 0.208 e. The highest BCUT2D eigenvalue weighted by atomic mass is 32.2. The maximum atomic E-state index is 13.1. The van der Waals surface area contributed by atoms with Gasteiger partial charge in [-0.1, -0.05) is 6.07 Å². The maximum absolute atomic E-state index is 13.1. The molecular formula is C12H16FN3O2S. The van der Waals surface area contributed by atoms with Crippen molar-refractivity contribution in [1.82, 2.24) is 10.0 Å². The summed E-state index contributed by atoms with van der Waals surface area (Å²) in [5.74, 6) is -0.524. The number of nitrogens with one attached hydrogen (secondary N) is 2. The molecule has 0 amide bonds. The van der Waals surface area contributed by atoms with Crippen LogP contribution in [-0.2, 0) is 16.6 Å². The van der Waals surface area contributed by atoms with Crippen LogP contribution >= 0.6 is 0 Å². The molecule has 0 bridgehead atoms. The monoisotopic (exact) mass is 285 g/mol. The van der Waals surface area contributed by atoms with Crippen LogP contribution in [0.2, 0.25) is 0 Å². The minimum atomic E-state index is -3.13. The summed E-state index contributed by atoms with van der Waals surface area (Å²) in [6, 6.07) is 6.15. The van der Waals surface area contributed by atoms with E-state index in [4.69, 9.17) is 5.26 Å². The molecule has 0 heterocycles. The van der Waals surface area contributed by atoms with E-state index in [0.717, 1.165) is 11.8 Å². The molecule has 0 fully saturated rings. The lowest BCUT2D eigenvalue weighted by Gasteiger charge is -2.06. The van der Waals surface area contributed by atoms with Crippen LogP contribution < -0.4 is 10.0 Å². The topological polar surface area (TPSA) is 82.0 Å². The molecule has 0 radical (unpaired) electrons. The van der Waals surface area contributed by atoms with Gasteiger partial charge in [0.25, 0.3) is 0 Å². The highest BCUT2D eigenvalue weighted by Gasteiger charge is 2.02. The average Bonchev–Trinajstić information content (AvgIpc) is 2.34. The van der Waals surface area contributed by atoms with Gasteiger partial charge in [0, 0.05) is 13.1 Å². The van der Waals surface area contributed by atoms with Crippen LogP contribution in [0.5, 0.6) is 0 Å². The number of hydrogen-bond acceptors (Lipinski definition) is 4. The van der Waals surface area contributed by atoms with Gasteiger partial charge < -0.3 is 5.32 Å². The minimum Gasteiger partial charge on any atom is -0.313 e. The molecule has 0 aliphatic carbocycles. The highest BCUT2D eigenvalue weighted by Crippen LogP contribution is 2.09. The van der Waals surface area contributed by atoms with Crippen LogP contribution in [0.4, 0.5) is 4.39 Å². The van der Waals surface area contributed by atoms with Gasteiger partial charge >= 0.3 is 0 Å². The molecule has 0 saturated heterocycles. The first-order valence-corrected chi connectivity index (χ1v) is 7.65. The molecule has 104 valence electrons. The number of hydrogen-bond donors (Lipinski definition) is 2. The van der Waals surface area contributed by atoms with E-state index in [1.54, 1.807) is 12.1 Å². The third-order valence-corrected chi connectivity index (χ3v) is 3.10. The van der Waals surface area contributed by atoms with Gasteiger partial charge in [-0.15, -0.1) is 0 Å². The summed E-state index contributed by atoms with van der Waals surface area (Å²) in [5, 5.41) is 11.8. The van der Waals surface area contributed by atoms with Crippen molar-refractivity contribution in [3.8, 4) is 6.07 Å². The second-order valence-electron chi connectivity index (χ2n) is 4.12. The van der Waals surface area contributed by atoms with Crippen molar-refractivity contribution in [2.75, 3.05) is 19.3 Å². The second kappa shape index (κ2) is 7.19. The van der Waals surface area contributed by atoms with Gasteiger partial charge in [0.05, 0.1) is 11.8 Å². The Bertz CT molecular complexity index is 567. The number of nitriles is 1. The fourth-order valence-corrected chi connectivity index (χ4v) is 1.99. The highest BCUT2D eigenvalue weighted by molar-refractivity contribution is 7.88. The van der Waals surface area contributed by atoms with Crippen LogP contribution in [0.25, 0.3) is 0 Å². The quantitative estimate of drug-likeness (QED) is 0.723. The van der Waals surface area contributed by atoms with Crippen LogP contribution in [-0.4, -0.2) is 27.8 Å². The third-order valence-electron chi connectivity index (χ3n) is 2.37. The zero-order valence-electron chi connectivity index (χ0n) is 10.6. The average molecular weight is 285 g/mol. The Balaban J connectivity index is 2.29. The van der Waals surface area contributed by atoms with Gasteiger partial charge in [-0.05, 0) is 30.7 Å². The van der Waals surface area contributed by atoms with Crippen LogP contribution in [0.1, 0.15) is 17.5 Å². The van der Waals surface area contributed by atoms with Crippen molar-refractivity contribution in [1.29, 1.82) is 5.26 Å². The summed E-state index contributed by atoms with van der Waals surface area (Å²) >= 11 is 0. The Morgan fingerprint density at radius 1 is 1.37 bits per heavy atom. The molecule has 0 aliphatic rings. The normalized spacial score (nSPS) is 11.2. The number of benzene rings is 1.